The second kappa shape index (κ2) is 8.20. The topological polar surface area (TPSA) is 154 Å². The number of nitrogens with one attached hydrogen (secondary N) is 1. The molecule has 0 aromatic heterocycles. The number of nitrogens with zero attached hydrogens (tertiary/aromatic N) is 2. The van der Waals surface area contributed by atoms with Gasteiger partial charge in [-0.2, -0.15) is 0 Å². The monoisotopic (exact) mass is 374 g/mol. The van der Waals surface area contributed by atoms with Gasteiger partial charge in [-0.25, -0.2) is 13.6 Å². The number of benzene rings is 1. The van der Waals surface area contributed by atoms with E-state index in [1.165, 1.54) is 12.1 Å². The lowest BCUT2D eigenvalue weighted by Gasteiger charge is -2.32. The van der Waals surface area contributed by atoms with Crippen LogP contribution in [0.4, 0.5) is 11.4 Å². The Labute approximate surface area is 143 Å². The minimum atomic E-state index is -4.03. The van der Waals surface area contributed by atoms with Gasteiger partial charge < -0.3 is 14.8 Å². The maximum Gasteiger partial charge on any atom is 0.294 e. The van der Waals surface area contributed by atoms with Crippen molar-refractivity contribution >= 4 is 27.9 Å². The van der Waals surface area contributed by atoms with Gasteiger partial charge >= 0.3 is 0 Å². The van der Waals surface area contributed by atoms with E-state index in [1.807, 2.05) is 4.90 Å². The van der Waals surface area contributed by atoms with E-state index in [2.05, 4.69) is 5.32 Å². The van der Waals surface area contributed by atoms with Crippen molar-refractivity contribution in [2.24, 2.45) is 5.14 Å². The summed E-state index contributed by atoms with van der Waals surface area (Å²) in [5.41, 5.74) is -0.245. The van der Waals surface area contributed by atoms with Gasteiger partial charge in [0, 0.05) is 25.7 Å². The number of anilines is 1. The molecule has 138 valence electrons. The third kappa shape index (κ3) is 5.35. The number of rotatable bonds is 8. The molecular weight excluding hydrogens is 356 g/mol. The molecule has 1 unspecified atom stereocenters. The molecule has 1 aromatic rings. The quantitative estimate of drug-likeness (QED) is 0.347. The van der Waals surface area contributed by atoms with Crippen LogP contribution in [0.15, 0.2) is 23.1 Å². The molecule has 0 aliphatic carbocycles. The maximum absolute atomic E-state index is 11.3. The molecular formula is C13H18N4O7S. The average molecular weight is 374 g/mol. The number of sulfonamides is 1. The number of hydrogen-bond acceptors (Lipinski definition) is 9. The zero-order valence-corrected chi connectivity index (χ0v) is 14.0. The smallest absolute Gasteiger partial charge is 0.294 e. The van der Waals surface area contributed by atoms with E-state index in [0.717, 1.165) is 6.07 Å². The van der Waals surface area contributed by atoms with Crippen LogP contribution in [0.25, 0.3) is 0 Å². The standard InChI is InChI=1S/C13H18N4O7S/c14-25(21,22)11-1-2-12(13(5-11)17(19)20)15-6-10-7-16(3-4-24-10)8-23-9-18/h1-2,5,9-10,15H,3-4,6-8H2,(H2,14,21,22). The lowest BCUT2D eigenvalue weighted by atomic mass is 10.2. The summed E-state index contributed by atoms with van der Waals surface area (Å²) < 4.78 is 32.9. The van der Waals surface area contributed by atoms with Gasteiger partial charge in [0.2, 0.25) is 10.0 Å². The number of carbonyl (C=O) groups is 1. The molecule has 0 radical (unpaired) electrons. The highest BCUT2D eigenvalue weighted by molar-refractivity contribution is 7.89. The van der Waals surface area contributed by atoms with Gasteiger partial charge in [0.15, 0.2) is 0 Å². The van der Waals surface area contributed by atoms with Gasteiger partial charge in [0.1, 0.15) is 12.4 Å². The lowest BCUT2D eigenvalue weighted by molar-refractivity contribution is -0.384. The molecule has 3 N–H and O–H groups in total. The largest absolute Gasteiger partial charge is 0.452 e. The van der Waals surface area contributed by atoms with Gasteiger partial charge in [0.25, 0.3) is 12.2 Å². The first kappa shape index (κ1) is 19.1. The molecule has 2 rings (SSSR count). The van der Waals surface area contributed by atoms with Crippen molar-refractivity contribution < 1.29 is 27.6 Å². The van der Waals surface area contributed by atoms with E-state index in [1.54, 1.807) is 0 Å². The third-order valence-electron chi connectivity index (χ3n) is 3.56. The molecule has 1 aliphatic rings. The fourth-order valence-electron chi connectivity index (χ4n) is 2.37. The number of ether oxygens (including phenoxy) is 2. The zero-order valence-electron chi connectivity index (χ0n) is 13.2. The fraction of sp³-hybridized carbons (Fsp3) is 0.462. The van der Waals surface area contributed by atoms with E-state index in [4.69, 9.17) is 14.6 Å². The number of nitro benzene ring substituents is 1. The van der Waals surface area contributed by atoms with Crippen LogP contribution in [0.5, 0.6) is 0 Å². The summed E-state index contributed by atoms with van der Waals surface area (Å²) in [5, 5.41) is 19.0. The van der Waals surface area contributed by atoms with Crippen LogP contribution in [0.2, 0.25) is 0 Å². The molecule has 0 bridgehead atoms. The third-order valence-corrected chi connectivity index (χ3v) is 4.47. The summed E-state index contributed by atoms with van der Waals surface area (Å²) in [5.74, 6) is 0. The summed E-state index contributed by atoms with van der Waals surface area (Å²) >= 11 is 0. The van der Waals surface area contributed by atoms with Gasteiger partial charge in [0.05, 0.1) is 22.5 Å². The van der Waals surface area contributed by atoms with Gasteiger partial charge in [-0.3, -0.25) is 19.8 Å². The predicted molar refractivity (Wildman–Crippen MR) is 86.3 cm³/mol. The summed E-state index contributed by atoms with van der Waals surface area (Å²) in [4.78, 5) is 22.2. The van der Waals surface area contributed by atoms with E-state index in [0.29, 0.717) is 26.2 Å². The summed E-state index contributed by atoms with van der Waals surface area (Å²) in [7, 11) is -4.03. The Kier molecular flexibility index (Phi) is 6.25. The van der Waals surface area contributed by atoms with Crippen LogP contribution < -0.4 is 10.5 Å². The number of carbonyl (C=O) groups excluding carboxylic acids is 1. The average Bonchev–Trinajstić information content (AvgIpc) is 2.57. The SMILES string of the molecule is NS(=O)(=O)c1ccc(NCC2CN(COC=O)CCO2)c([N+](=O)[O-])c1. The van der Waals surface area contributed by atoms with Gasteiger partial charge in [-0.15, -0.1) is 0 Å². The van der Waals surface area contributed by atoms with Crippen LogP contribution in [-0.2, 0) is 24.3 Å². The number of nitrogens with two attached hydrogens (primary N) is 1. The number of primary sulfonamides is 1. The lowest BCUT2D eigenvalue weighted by Crippen LogP contribution is -2.46. The van der Waals surface area contributed by atoms with Crippen molar-refractivity contribution in [3.05, 3.63) is 28.3 Å². The second-order valence-corrected chi connectivity index (χ2v) is 6.89. The molecule has 0 spiro atoms. The second-order valence-electron chi connectivity index (χ2n) is 5.32. The first-order valence-corrected chi connectivity index (χ1v) is 8.80. The molecule has 0 saturated carbocycles. The Morgan fingerprint density at radius 2 is 2.28 bits per heavy atom. The molecule has 1 atom stereocenters. The highest BCUT2D eigenvalue weighted by atomic mass is 32.2. The predicted octanol–water partition coefficient (Wildman–Crippen LogP) is -0.515. The van der Waals surface area contributed by atoms with Crippen molar-refractivity contribution in [2.75, 3.05) is 38.3 Å². The molecule has 1 heterocycles. The highest BCUT2D eigenvalue weighted by Crippen LogP contribution is 2.27. The summed E-state index contributed by atoms with van der Waals surface area (Å²) in [6.07, 6.45) is -0.276. The number of hydrogen-bond donors (Lipinski definition) is 2. The minimum Gasteiger partial charge on any atom is -0.452 e. The summed E-state index contributed by atoms with van der Waals surface area (Å²) in [6.45, 7) is 2.28. The molecule has 1 fully saturated rings. The van der Waals surface area contributed by atoms with Crippen LogP contribution in [0.1, 0.15) is 0 Å². The molecule has 1 saturated heterocycles. The Balaban J connectivity index is 2.04. The minimum absolute atomic E-state index is 0.145. The fourth-order valence-corrected chi connectivity index (χ4v) is 2.90. The van der Waals surface area contributed by atoms with Crippen LogP contribution in [-0.4, -0.2) is 63.8 Å². The van der Waals surface area contributed by atoms with E-state index >= 15 is 0 Å². The summed E-state index contributed by atoms with van der Waals surface area (Å²) in [6, 6.07) is 3.38. The number of nitro groups is 1. The molecule has 1 aliphatic heterocycles. The van der Waals surface area contributed by atoms with Crippen molar-refractivity contribution in [1.29, 1.82) is 0 Å². The van der Waals surface area contributed by atoms with Crippen molar-refractivity contribution in [3.63, 3.8) is 0 Å². The Bertz CT molecular complexity index is 740. The number of morpholine rings is 1. The van der Waals surface area contributed by atoms with E-state index in [-0.39, 0.29) is 30.0 Å². The Hall–Kier alpha value is -2.28. The maximum atomic E-state index is 11.3. The Morgan fingerprint density at radius 1 is 1.52 bits per heavy atom. The highest BCUT2D eigenvalue weighted by Gasteiger charge is 2.23. The van der Waals surface area contributed by atoms with E-state index in [9.17, 15) is 23.3 Å². The van der Waals surface area contributed by atoms with Crippen molar-refractivity contribution in [1.82, 2.24) is 4.90 Å². The molecule has 25 heavy (non-hydrogen) atoms. The normalized spacial score (nSPS) is 18.5. The Morgan fingerprint density at radius 3 is 2.92 bits per heavy atom. The molecule has 0 amide bonds. The zero-order chi connectivity index (χ0) is 18.4. The van der Waals surface area contributed by atoms with Crippen molar-refractivity contribution in [3.8, 4) is 0 Å². The van der Waals surface area contributed by atoms with Crippen LogP contribution >= 0.6 is 0 Å². The molecule has 1 aromatic carbocycles. The van der Waals surface area contributed by atoms with Crippen LogP contribution in [0, 0.1) is 10.1 Å². The van der Waals surface area contributed by atoms with Gasteiger partial charge in [-0.05, 0) is 12.1 Å². The van der Waals surface area contributed by atoms with Gasteiger partial charge in [-0.1, -0.05) is 0 Å². The van der Waals surface area contributed by atoms with Crippen LogP contribution in [0.3, 0.4) is 0 Å². The first-order valence-electron chi connectivity index (χ1n) is 7.25. The van der Waals surface area contributed by atoms with E-state index < -0.39 is 20.6 Å². The molecule has 11 nitrogen and oxygen atoms in total. The first-order chi connectivity index (χ1) is 11.8. The van der Waals surface area contributed by atoms with Crippen molar-refractivity contribution in [2.45, 2.75) is 11.0 Å². The molecule has 12 heteroatoms.